The van der Waals surface area contributed by atoms with E-state index in [9.17, 15) is 9.90 Å². The van der Waals surface area contributed by atoms with Gasteiger partial charge in [0.1, 0.15) is 0 Å². The summed E-state index contributed by atoms with van der Waals surface area (Å²) >= 11 is 0. The topological polar surface area (TPSA) is 73.8 Å². The number of aliphatic hydroxyl groups is 1. The second-order valence-electron chi connectivity index (χ2n) is 6.98. The predicted molar refractivity (Wildman–Crippen MR) is 97.7 cm³/mol. The molecule has 0 bridgehead atoms. The maximum atomic E-state index is 11.8. The number of nitrogens with one attached hydrogen (secondary N) is 2. The third-order valence-corrected chi connectivity index (χ3v) is 5.14. The summed E-state index contributed by atoms with van der Waals surface area (Å²) in [6.07, 6.45) is 4.37. The zero-order valence-corrected chi connectivity index (χ0v) is 14.7. The van der Waals surface area contributed by atoms with Crippen LogP contribution in [0.15, 0.2) is 24.3 Å². The monoisotopic (exact) mass is 347 g/mol. The van der Waals surface area contributed by atoms with Crippen LogP contribution in [-0.4, -0.2) is 50.1 Å². The van der Waals surface area contributed by atoms with E-state index in [0.717, 1.165) is 50.9 Å². The highest BCUT2D eigenvalue weighted by atomic mass is 16.5. The molecule has 6 heteroatoms. The fraction of sp³-hybridized carbons (Fsp3) is 0.632. The van der Waals surface area contributed by atoms with Gasteiger partial charge < -0.3 is 25.4 Å². The average molecular weight is 347 g/mol. The zero-order chi connectivity index (χ0) is 17.5. The molecule has 2 heterocycles. The third-order valence-electron chi connectivity index (χ3n) is 5.14. The first-order valence-corrected chi connectivity index (χ1v) is 9.32. The Hall–Kier alpha value is -1.79. The van der Waals surface area contributed by atoms with Crippen molar-refractivity contribution < 1.29 is 14.6 Å². The van der Waals surface area contributed by atoms with E-state index in [1.165, 1.54) is 5.69 Å². The van der Waals surface area contributed by atoms with Gasteiger partial charge in [-0.3, -0.25) is 0 Å². The van der Waals surface area contributed by atoms with Gasteiger partial charge in [-0.25, -0.2) is 4.79 Å². The van der Waals surface area contributed by atoms with Gasteiger partial charge in [0.15, 0.2) is 0 Å². The van der Waals surface area contributed by atoms with Gasteiger partial charge in [-0.05, 0) is 49.3 Å². The molecule has 6 nitrogen and oxygen atoms in total. The summed E-state index contributed by atoms with van der Waals surface area (Å²) in [6.45, 7) is 4.19. The highest BCUT2D eigenvalue weighted by Crippen LogP contribution is 2.23. The number of amides is 2. The fourth-order valence-electron chi connectivity index (χ4n) is 3.46. The van der Waals surface area contributed by atoms with Gasteiger partial charge in [0.2, 0.25) is 0 Å². The minimum atomic E-state index is -0.148. The van der Waals surface area contributed by atoms with Gasteiger partial charge in [-0.1, -0.05) is 12.1 Å². The maximum absolute atomic E-state index is 11.8. The summed E-state index contributed by atoms with van der Waals surface area (Å²) in [6, 6.07) is 8.20. The first-order chi connectivity index (χ1) is 12.2. The number of benzene rings is 1. The Bertz CT molecular complexity index is 535. The number of anilines is 1. The van der Waals surface area contributed by atoms with E-state index < -0.39 is 0 Å². The van der Waals surface area contributed by atoms with Gasteiger partial charge in [0.25, 0.3) is 0 Å². The van der Waals surface area contributed by atoms with E-state index in [-0.39, 0.29) is 12.1 Å². The number of ether oxygens (including phenoxy) is 1. The molecule has 2 fully saturated rings. The second-order valence-corrected chi connectivity index (χ2v) is 6.98. The molecule has 0 aliphatic carbocycles. The molecule has 25 heavy (non-hydrogen) atoms. The second kappa shape index (κ2) is 9.06. The lowest BCUT2D eigenvalue weighted by atomic mass is 9.97. The average Bonchev–Trinajstić information content (AvgIpc) is 3.19. The molecular weight excluding hydrogens is 318 g/mol. The van der Waals surface area contributed by atoms with Crippen LogP contribution in [0.1, 0.15) is 31.2 Å². The van der Waals surface area contributed by atoms with E-state index in [1.54, 1.807) is 0 Å². The lowest BCUT2D eigenvalue weighted by molar-refractivity contribution is 0.111. The summed E-state index contributed by atoms with van der Waals surface area (Å²) in [4.78, 5) is 14.2. The molecule has 1 aromatic carbocycles. The molecular formula is C19H29N3O3. The fourth-order valence-corrected chi connectivity index (χ4v) is 3.46. The van der Waals surface area contributed by atoms with Crippen LogP contribution in [-0.2, 0) is 11.3 Å². The Labute approximate surface area is 149 Å². The van der Waals surface area contributed by atoms with Crippen LogP contribution in [0.25, 0.3) is 0 Å². The number of piperidine rings is 1. The van der Waals surface area contributed by atoms with Gasteiger partial charge in [0, 0.05) is 45.1 Å². The Morgan fingerprint density at radius 1 is 1.16 bits per heavy atom. The van der Waals surface area contributed by atoms with Crippen LogP contribution in [0.5, 0.6) is 0 Å². The third kappa shape index (κ3) is 5.34. The molecule has 0 aromatic heterocycles. The normalized spacial score (nSPS) is 21.3. The Kier molecular flexibility index (Phi) is 6.53. The lowest BCUT2D eigenvalue weighted by Gasteiger charge is -2.33. The number of rotatable bonds is 6. The molecule has 0 spiro atoms. The van der Waals surface area contributed by atoms with E-state index in [4.69, 9.17) is 4.74 Å². The quantitative estimate of drug-likeness (QED) is 0.734. The molecule has 2 amide bonds. The van der Waals surface area contributed by atoms with Gasteiger partial charge in [-0.15, -0.1) is 0 Å². The number of carbonyl (C=O) groups excluding carboxylic acids is 1. The minimum absolute atomic E-state index is 0.148. The summed E-state index contributed by atoms with van der Waals surface area (Å²) in [7, 11) is 0. The molecule has 0 saturated carbocycles. The molecule has 2 aliphatic rings. The highest BCUT2D eigenvalue weighted by Gasteiger charge is 2.18. The molecule has 2 saturated heterocycles. The van der Waals surface area contributed by atoms with Crippen molar-refractivity contribution in [2.45, 2.75) is 38.3 Å². The Morgan fingerprint density at radius 3 is 2.56 bits per heavy atom. The van der Waals surface area contributed by atoms with Crippen LogP contribution in [0.3, 0.4) is 0 Å². The number of hydrogen-bond acceptors (Lipinski definition) is 4. The van der Waals surface area contributed by atoms with Gasteiger partial charge in [0.05, 0.1) is 6.10 Å². The first kappa shape index (κ1) is 18.0. The molecule has 138 valence electrons. The standard InChI is InChI=1S/C19H29N3O3/c23-14-16-7-9-22(10-8-16)17-5-3-15(4-6-17)12-20-19(24)21-13-18-2-1-11-25-18/h3-6,16,18,23H,1-2,7-14H2,(H2,20,21,24)/t18-/m1/s1. The van der Waals surface area contributed by atoms with Crippen molar-refractivity contribution in [2.24, 2.45) is 5.92 Å². The number of nitrogens with zero attached hydrogens (tertiary/aromatic N) is 1. The van der Waals surface area contributed by atoms with E-state index >= 15 is 0 Å². The molecule has 1 aromatic rings. The summed E-state index contributed by atoms with van der Waals surface area (Å²) in [5.74, 6) is 0.452. The van der Waals surface area contributed by atoms with E-state index in [0.29, 0.717) is 25.6 Å². The Morgan fingerprint density at radius 2 is 1.92 bits per heavy atom. The Balaban J connectivity index is 1.39. The number of hydrogen-bond donors (Lipinski definition) is 3. The van der Waals surface area contributed by atoms with Crippen LogP contribution >= 0.6 is 0 Å². The summed E-state index contributed by atoms with van der Waals surface area (Å²) < 4.78 is 5.49. The van der Waals surface area contributed by atoms with Crippen LogP contribution < -0.4 is 15.5 Å². The van der Waals surface area contributed by atoms with Gasteiger partial charge >= 0.3 is 6.03 Å². The van der Waals surface area contributed by atoms with Crippen molar-refractivity contribution in [3.63, 3.8) is 0 Å². The van der Waals surface area contributed by atoms with Crippen molar-refractivity contribution >= 4 is 11.7 Å². The molecule has 0 unspecified atom stereocenters. The molecule has 1 atom stereocenters. The largest absolute Gasteiger partial charge is 0.396 e. The lowest BCUT2D eigenvalue weighted by Crippen LogP contribution is -2.39. The summed E-state index contributed by atoms with van der Waals surface area (Å²) in [5, 5.41) is 15.0. The minimum Gasteiger partial charge on any atom is -0.396 e. The smallest absolute Gasteiger partial charge is 0.315 e. The molecule has 3 N–H and O–H groups in total. The SMILES string of the molecule is O=C(NCc1ccc(N2CCC(CO)CC2)cc1)NC[C@H]1CCCO1. The van der Waals surface area contributed by atoms with Crippen LogP contribution in [0.2, 0.25) is 0 Å². The van der Waals surface area contributed by atoms with Crippen molar-refractivity contribution in [3.05, 3.63) is 29.8 Å². The molecule has 0 radical (unpaired) electrons. The van der Waals surface area contributed by atoms with Gasteiger partial charge in [-0.2, -0.15) is 0 Å². The molecule has 2 aliphatic heterocycles. The van der Waals surface area contributed by atoms with Crippen molar-refractivity contribution in [2.75, 3.05) is 37.7 Å². The van der Waals surface area contributed by atoms with Crippen LogP contribution in [0.4, 0.5) is 10.5 Å². The highest BCUT2D eigenvalue weighted by molar-refractivity contribution is 5.73. The first-order valence-electron chi connectivity index (χ1n) is 9.32. The maximum Gasteiger partial charge on any atom is 0.315 e. The zero-order valence-electron chi connectivity index (χ0n) is 14.7. The van der Waals surface area contributed by atoms with Crippen molar-refractivity contribution in [3.8, 4) is 0 Å². The number of aliphatic hydroxyl groups excluding tert-OH is 1. The summed E-state index contributed by atoms with van der Waals surface area (Å²) in [5.41, 5.74) is 2.30. The number of carbonyl (C=O) groups is 1. The number of urea groups is 1. The van der Waals surface area contributed by atoms with Crippen molar-refractivity contribution in [1.82, 2.24) is 10.6 Å². The van der Waals surface area contributed by atoms with E-state index in [1.807, 2.05) is 0 Å². The predicted octanol–water partition coefficient (Wildman–Crippen LogP) is 1.87. The van der Waals surface area contributed by atoms with E-state index in [2.05, 4.69) is 39.8 Å². The van der Waals surface area contributed by atoms with Crippen molar-refractivity contribution in [1.29, 1.82) is 0 Å². The molecule has 3 rings (SSSR count). The van der Waals surface area contributed by atoms with Crippen LogP contribution in [0, 0.1) is 5.92 Å².